The first-order valence-electron chi connectivity index (χ1n) is 6.87. The van der Waals surface area contributed by atoms with E-state index in [4.69, 9.17) is 4.42 Å². The van der Waals surface area contributed by atoms with Gasteiger partial charge < -0.3 is 15.1 Å². The lowest BCUT2D eigenvalue weighted by atomic mass is 9.90. The van der Waals surface area contributed by atoms with Crippen molar-refractivity contribution in [3.8, 4) is 0 Å². The van der Waals surface area contributed by atoms with Gasteiger partial charge in [-0.25, -0.2) is 4.98 Å². The van der Waals surface area contributed by atoms with Gasteiger partial charge in [0.2, 0.25) is 0 Å². The monoisotopic (exact) mass is 259 g/mol. The van der Waals surface area contributed by atoms with E-state index in [1.165, 1.54) is 18.4 Å². The smallest absolute Gasteiger partial charge is 0.192 e. The van der Waals surface area contributed by atoms with Gasteiger partial charge in [-0.3, -0.25) is 0 Å². The van der Waals surface area contributed by atoms with Gasteiger partial charge in [-0.05, 0) is 44.6 Å². The molecule has 0 amide bonds. The van der Waals surface area contributed by atoms with Gasteiger partial charge in [-0.1, -0.05) is 6.07 Å². The van der Waals surface area contributed by atoms with Crippen molar-refractivity contribution in [2.75, 3.05) is 20.6 Å². The van der Waals surface area contributed by atoms with Crippen LogP contribution in [0.5, 0.6) is 0 Å². The fraction of sp³-hybridized carbons (Fsp3) is 0.533. The highest BCUT2D eigenvalue weighted by Gasteiger charge is 2.48. The zero-order chi connectivity index (χ0) is 13.5. The van der Waals surface area contributed by atoms with Crippen molar-refractivity contribution < 1.29 is 4.42 Å². The number of nitrogens with one attached hydrogen (secondary N) is 2. The van der Waals surface area contributed by atoms with Gasteiger partial charge in [-0.15, -0.1) is 0 Å². The average molecular weight is 259 g/mol. The van der Waals surface area contributed by atoms with Gasteiger partial charge in [0.15, 0.2) is 11.5 Å². The molecule has 4 nitrogen and oxygen atoms in total. The number of hydrogen-bond donors (Lipinski definition) is 2. The summed E-state index contributed by atoms with van der Waals surface area (Å²) >= 11 is 0. The maximum absolute atomic E-state index is 5.64. The minimum atomic E-state index is 0.353. The Labute approximate surface area is 113 Å². The van der Waals surface area contributed by atoms with Crippen molar-refractivity contribution >= 4 is 11.1 Å². The zero-order valence-corrected chi connectivity index (χ0v) is 11.8. The third-order valence-electron chi connectivity index (χ3n) is 4.17. The Balaban J connectivity index is 1.97. The standard InChI is InChI=1S/C15H21N3O/c1-10-18-12-5-4-11(8-13(12)19-10)14(17-3)15(6-7-15)9-16-2/h4-5,8,14,16-17H,6-7,9H2,1-3H3. The molecule has 1 atom stereocenters. The van der Waals surface area contributed by atoms with Gasteiger partial charge in [0.1, 0.15) is 5.52 Å². The molecule has 1 heterocycles. The molecule has 1 aliphatic carbocycles. The highest BCUT2D eigenvalue weighted by atomic mass is 16.3. The van der Waals surface area contributed by atoms with Crippen LogP contribution < -0.4 is 10.6 Å². The van der Waals surface area contributed by atoms with Crippen molar-refractivity contribution in [3.63, 3.8) is 0 Å². The highest BCUT2D eigenvalue weighted by Crippen LogP contribution is 2.54. The lowest BCUT2D eigenvalue weighted by molar-refractivity contribution is 0.347. The van der Waals surface area contributed by atoms with E-state index in [-0.39, 0.29) is 0 Å². The first-order chi connectivity index (χ1) is 9.18. The number of aryl methyl sites for hydroxylation is 1. The van der Waals surface area contributed by atoms with E-state index in [1.807, 2.05) is 21.0 Å². The van der Waals surface area contributed by atoms with Gasteiger partial charge in [-0.2, -0.15) is 0 Å². The van der Waals surface area contributed by atoms with E-state index in [0.29, 0.717) is 11.5 Å². The summed E-state index contributed by atoms with van der Waals surface area (Å²) in [5.74, 6) is 0.726. The molecular weight excluding hydrogens is 238 g/mol. The lowest BCUT2D eigenvalue weighted by Gasteiger charge is -2.27. The highest BCUT2D eigenvalue weighted by molar-refractivity contribution is 5.73. The Morgan fingerprint density at radius 3 is 2.79 bits per heavy atom. The molecule has 1 aromatic heterocycles. The number of benzene rings is 1. The Morgan fingerprint density at radius 1 is 1.37 bits per heavy atom. The summed E-state index contributed by atoms with van der Waals surface area (Å²) in [4.78, 5) is 4.35. The number of oxazole rings is 1. The molecule has 0 aliphatic heterocycles. The minimum absolute atomic E-state index is 0.353. The fourth-order valence-corrected chi connectivity index (χ4v) is 3.14. The predicted octanol–water partition coefficient (Wildman–Crippen LogP) is 2.40. The largest absolute Gasteiger partial charge is 0.441 e. The minimum Gasteiger partial charge on any atom is -0.441 e. The number of nitrogens with zero attached hydrogens (tertiary/aromatic N) is 1. The van der Waals surface area contributed by atoms with E-state index in [1.54, 1.807) is 0 Å². The van der Waals surface area contributed by atoms with Gasteiger partial charge >= 0.3 is 0 Å². The first-order valence-corrected chi connectivity index (χ1v) is 6.87. The maximum atomic E-state index is 5.64. The van der Waals surface area contributed by atoms with Crippen LogP contribution in [0.1, 0.15) is 30.3 Å². The summed E-state index contributed by atoms with van der Waals surface area (Å²) < 4.78 is 5.64. The van der Waals surface area contributed by atoms with E-state index < -0.39 is 0 Å². The van der Waals surface area contributed by atoms with E-state index in [9.17, 15) is 0 Å². The second-order valence-electron chi connectivity index (χ2n) is 5.57. The predicted molar refractivity (Wildman–Crippen MR) is 76.1 cm³/mol. The SMILES string of the molecule is CNCC1(C(NC)c2ccc3nc(C)oc3c2)CC1. The second kappa shape index (κ2) is 4.62. The molecule has 0 spiro atoms. The van der Waals surface area contributed by atoms with Crippen LogP contribution in [-0.4, -0.2) is 25.6 Å². The molecule has 0 radical (unpaired) electrons. The third-order valence-corrected chi connectivity index (χ3v) is 4.17. The number of fused-ring (bicyclic) bond motifs is 1. The van der Waals surface area contributed by atoms with Crippen molar-refractivity contribution in [2.24, 2.45) is 5.41 Å². The van der Waals surface area contributed by atoms with Crippen LogP contribution in [0.15, 0.2) is 22.6 Å². The molecule has 0 saturated heterocycles. The summed E-state index contributed by atoms with van der Waals surface area (Å²) in [5.41, 5.74) is 3.47. The average Bonchev–Trinajstić information content (AvgIpc) is 3.04. The summed E-state index contributed by atoms with van der Waals surface area (Å²) in [6, 6.07) is 6.73. The molecule has 1 aliphatic rings. The number of aromatic nitrogens is 1. The molecular formula is C15H21N3O. The Morgan fingerprint density at radius 2 is 2.16 bits per heavy atom. The molecule has 1 aromatic carbocycles. The summed E-state index contributed by atoms with van der Waals surface area (Å²) in [5, 5.41) is 6.80. The van der Waals surface area contributed by atoms with Crippen LogP contribution in [0.3, 0.4) is 0 Å². The molecule has 3 rings (SSSR count). The Hall–Kier alpha value is -1.39. The quantitative estimate of drug-likeness (QED) is 0.865. The van der Waals surface area contributed by atoms with Crippen LogP contribution in [0.4, 0.5) is 0 Å². The van der Waals surface area contributed by atoms with Crippen molar-refractivity contribution in [1.82, 2.24) is 15.6 Å². The molecule has 0 bridgehead atoms. The van der Waals surface area contributed by atoms with Crippen LogP contribution in [0, 0.1) is 12.3 Å². The van der Waals surface area contributed by atoms with Crippen LogP contribution in [0.2, 0.25) is 0 Å². The molecule has 1 unspecified atom stereocenters. The lowest BCUT2D eigenvalue weighted by Crippen LogP contribution is -2.33. The van der Waals surface area contributed by atoms with Gasteiger partial charge in [0.05, 0.1) is 0 Å². The Kier molecular flexibility index (Phi) is 3.07. The Bertz CT molecular complexity index is 586. The van der Waals surface area contributed by atoms with E-state index >= 15 is 0 Å². The molecule has 2 N–H and O–H groups in total. The summed E-state index contributed by atoms with van der Waals surface area (Å²) in [6.07, 6.45) is 2.54. The fourth-order valence-electron chi connectivity index (χ4n) is 3.14. The molecule has 2 aromatic rings. The first kappa shape index (κ1) is 12.6. The normalized spacial score (nSPS) is 18.7. The van der Waals surface area contributed by atoms with Gasteiger partial charge in [0, 0.05) is 24.9 Å². The van der Waals surface area contributed by atoms with Crippen molar-refractivity contribution in [3.05, 3.63) is 29.7 Å². The summed E-state index contributed by atoms with van der Waals surface area (Å²) in [7, 11) is 4.06. The van der Waals surface area contributed by atoms with Crippen molar-refractivity contribution in [2.45, 2.75) is 25.8 Å². The molecule has 19 heavy (non-hydrogen) atoms. The van der Waals surface area contributed by atoms with Crippen LogP contribution in [0.25, 0.3) is 11.1 Å². The van der Waals surface area contributed by atoms with Crippen LogP contribution >= 0.6 is 0 Å². The number of rotatable bonds is 5. The van der Waals surface area contributed by atoms with Gasteiger partial charge in [0.25, 0.3) is 0 Å². The van der Waals surface area contributed by atoms with Crippen LogP contribution in [-0.2, 0) is 0 Å². The molecule has 1 fully saturated rings. The zero-order valence-electron chi connectivity index (χ0n) is 11.8. The van der Waals surface area contributed by atoms with E-state index in [0.717, 1.165) is 23.5 Å². The molecule has 1 saturated carbocycles. The topological polar surface area (TPSA) is 50.1 Å². The number of hydrogen-bond acceptors (Lipinski definition) is 4. The molecule has 4 heteroatoms. The third kappa shape index (κ3) is 2.15. The van der Waals surface area contributed by atoms with E-state index in [2.05, 4.69) is 33.8 Å². The second-order valence-corrected chi connectivity index (χ2v) is 5.57. The van der Waals surface area contributed by atoms with Crippen molar-refractivity contribution in [1.29, 1.82) is 0 Å². The summed E-state index contributed by atoms with van der Waals surface area (Å²) in [6.45, 7) is 2.94. The molecule has 102 valence electrons. The maximum Gasteiger partial charge on any atom is 0.192 e.